The van der Waals surface area contributed by atoms with Crippen molar-refractivity contribution >= 4 is 34.2 Å². The van der Waals surface area contributed by atoms with Crippen LogP contribution in [0.3, 0.4) is 0 Å². The lowest BCUT2D eigenvalue weighted by molar-refractivity contribution is 0.646. The third-order valence-corrected chi connectivity index (χ3v) is 3.22. The Morgan fingerprint density at radius 2 is 2.06 bits per heavy atom. The standard InChI is InChI=1S/C10H10Cl2N4/c1-2-6-7-8(11)13-10(12)14-9(7)16(15-6)5-3-4-5/h5H,2-4H2,1H3. The minimum atomic E-state index is 0.182. The van der Waals surface area contributed by atoms with Crippen molar-refractivity contribution in [2.45, 2.75) is 32.2 Å². The third-order valence-electron chi connectivity index (χ3n) is 2.78. The summed E-state index contributed by atoms with van der Waals surface area (Å²) in [5, 5.41) is 5.97. The number of fused-ring (bicyclic) bond motifs is 1. The van der Waals surface area contributed by atoms with Gasteiger partial charge in [-0.1, -0.05) is 18.5 Å². The summed E-state index contributed by atoms with van der Waals surface area (Å²) in [5.41, 5.74) is 1.72. The quantitative estimate of drug-likeness (QED) is 0.613. The first-order chi connectivity index (χ1) is 7.70. The zero-order valence-electron chi connectivity index (χ0n) is 8.74. The van der Waals surface area contributed by atoms with Crippen LogP contribution in [0.5, 0.6) is 0 Å². The van der Waals surface area contributed by atoms with Crippen molar-refractivity contribution in [2.24, 2.45) is 0 Å². The Kier molecular flexibility index (Phi) is 2.30. The number of hydrogen-bond acceptors (Lipinski definition) is 3. The van der Waals surface area contributed by atoms with Crippen molar-refractivity contribution < 1.29 is 0 Å². The molecule has 1 saturated carbocycles. The molecule has 0 N–H and O–H groups in total. The second-order valence-corrected chi connectivity index (χ2v) is 4.65. The maximum Gasteiger partial charge on any atom is 0.225 e. The molecule has 1 fully saturated rings. The highest BCUT2D eigenvalue weighted by Gasteiger charge is 2.29. The summed E-state index contributed by atoms with van der Waals surface area (Å²) in [6, 6.07) is 0.463. The van der Waals surface area contributed by atoms with Crippen molar-refractivity contribution in [3.05, 3.63) is 16.1 Å². The summed E-state index contributed by atoms with van der Waals surface area (Å²) >= 11 is 11.9. The maximum atomic E-state index is 6.10. The molecule has 2 aromatic rings. The first-order valence-electron chi connectivity index (χ1n) is 5.30. The van der Waals surface area contributed by atoms with E-state index in [4.69, 9.17) is 23.2 Å². The smallest absolute Gasteiger partial charge is 0.225 e. The van der Waals surface area contributed by atoms with Gasteiger partial charge in [0.1, 0.15) is 5.15 Å². The molecule has 1 aliphatic rings. The van der Waals surface area contributed by atoms with Crippen LogP contribution in [0.2, 0.25) is 10.4 Å². The minimum absolute atomic E-state index is 0.182. The van der Waals surface area contributed by atoms with Crippen LogP contribution in [0.15, 0.2) is 0 Å². The maximum absolute atomic E-state index is 6.10. The lowest BCUT2D eigenvalue weighted by atomic mass is 10.2. The molecule has 0 bridgehead atoms. The van der Waals surface area contributed by atoms with E-state index in [0.717, 1.165) is 36.0 Å². The van der Waals surface area contributed by atoms with Crippen molar-refractivity contribution in [2.75, 3.05) is 0 Å². The van der Waals surface area contributed by atoms with Crippen LogP contribution >= 0.6 is 23.2 Å². The molecular weight excluding hydrogens is 247 g/mol. The van der Waals surface area contributed by atoms with Gasteiger partial charge in [0.15, 0.2) is 5.65 Å². The van der Waals surface area contributed by atoms with E-state index >= 15 is 0 Å². The zero-order chi connectivity index (χ0) is 11.3. The molecule has 3 rings (SSSR count). The highest BCUT2D eigenvalue weighted by molar-refractivity contribution is 6.35. The van der Waals surface area contributed by atoms with Crippen LogP contribution in [0.4, 0.5) is 0 Å². The Labute approximate surface area is 103 Å². The van der Waals surface area contributed by atoms with E-state index in [9.17, 15) is 0 Å². The highest BCUT2D eigenvalue weighted by atomic mass is 35.5. The molecule has 0 saturated heterocycles. The Bertz CT molecular complexity index is 559. The van der Waals surface area contributed by atoms with Gasteiger partial charge in [-0.3, -0.25) is 0 Å². The molecule has 2 heterocycles. The predicted octanol–water partition coefficient (Wildman–Crippen LogP) is 3.03. The van der Waals surface area contributed by atoms with E-state index in [0.29, 0.717) is 11.2 Å². The molecule has 0 aromatic carbocycles. The molecule has 0 radical (unpaired) electrons. The van der Waals surface area contributed by atoms with Gasteiger partial charge < -0.3 is 0 Å². The zero-order valence-corrected chi connectivity index (χ0v) is 10.3. The van der Waals surface area contributed by atoms with Crippen LogP contribution in [-0.4, -0.2) is 19.7 Å². The molecule has 2 aromatic heterocycles. The predicted molar refractivity (Wildman–Crippen MR) is 63.0 cm³/mol. The number of aromatic nitrogens is 4. The molecule has 1 aliphatic carbocycles. The Hall–Kier alpha value is -0.870. The topological polar surface area (TPSA) is 43.6 Å². The molecule has 0 unspecified atom stereocenters. The summed E-state index contributed by atoms with van der Waals surface area (Å²) < 4.78 is 1.94. The van der Waals surface area contributed by atoms with Crippen LogP contribution in [-0.2, 0) is 6.42 Å². The lowest BCUT2D eigenvalue weighted by Crippen LogP contribution is -1.98. The third kappa shape index (κ3) is 1.48. The van der Waals surface area contributed by atoms with Gasteiger partial charge in [-0.15, -0.1) is 0 Å². The summed E-state index contributed by atoms with van der Waals surface area (Å²) in [6.07, 6.45) is 3.12. The van der Waals surface area contributed by atoms with Crippen molar-refractivity contribution in [1.29, 1.82) is 0 Å². The second-order valence-electron chi connectivity index (χ2n) is 3.96. The molecule has 4 nitrogen and oxygen atoms in total. The van der Waals surface area contributed by atoms with Crippen LogP contribution in [0.1, 0.15) is 31.5 Å². The number of rotatable bonds is 2. The summed E-state index contributed by atoms with van der Waals surface area (Å²) in [4.78, 5) is 8.21. The van der Waals surface area contributed by atoms with Crippen LogP contribution in [0, 0.1) is 0 Å². The average molecular weight is 257 g/mol. The molecular formula is C10H10Cl2N4. The van der Waals surface area contributed by atoms with E-state index < -0.39 is 0 Å². The first kappa shape index (κ1) is 10.3. The average Bonchev–Trinajstić information content (AvgIpc) is 3.00. The van der Waals surface area contributed by atoms with Gasteiger partial charge >= 0.3 is 0 Å². The van der Waals surface area contributed by atoms with Gasteiger partial charge in [-0.25, -0.2) is 9.67 Å². The SMILES string of the molecule is CCc1nn(C2CC2)c2nc(Cl)nc(Cl)c12. The Morgan fingerprint density at radius 3 is 2.69 bits per heavy atom. The van der Waals surface area contributed by atoms with Crippen LogP contribution < -0.4 is 0 Å². The van der Waals surface area contributed by atoms with Gasteiger partial charge in [0.05, 0.1) is 17.1 Å². The largest absolute Gasteiger partial charge is 0.244 e. The molecule has 0 aliphatic heterocycles. The fraction of sp³-hybridized carbons (Fsp3) is 0.500. The highest BCUT2D eigenvalue weighted by Crippen LogP contribution is 2.38. The van der Waals surface area contributed by atoms with E-state index in [2.05, 4.69) is 15.1 Å². The van der Waals surface area contributed by atoms with E-state index in [-0.39, 0.29) is 5.28 Å². The second kappa shape index (κ2) is 3.57. The van der Waals surface area contributed by atoms with Gasteiger partial charge in [0, 0.05) is 0 Å². The van der Waals surface area contributed by atoms with Gasteiger partial charge in [0.25, 0.3) is 0 Å². The molecule has 0 amide bonds. The Balaban J connectivity index is 2.35. The molecule has 0 atom stereocenters. The molecule has 6 heteroatoms. The van der Waals surface area contributed by atoms with E-state index in [1.165, 1.54) is 0 Å². The summed E-state index contributed by atoms with van der Waals surface area (Å²) in [5.74, 6) is 0. The van der Waals surface area contributed by atoms with Crippen molar-refractivity contribution in [3.63, 3.8) is 0 Å². The van der Waals surface area contributed by atoms with Gasteiger partial charge in [-0.2, -0.15) is 10.1 Å². The lowest BCUT2D eigenvalue weighted by Gasteiger charge is -1.99. The summed E-state index contributed by atoms with van der Waals surface area (Å²) in [7, 11) is 0. The number of hydrogen-bond donors (Lipinski definition) is 0. The first-order valence-corrected chi connectivity index (χ1v) is 6.06. The van der Waals surface area contributed by atoms with Crippen LogP contribution in [0.25, 0.3) is 11.0 Å². The monoisotopic (exact) mass is 256 g/mol. The van der Waals surface area contributed by atoms with Gasteiger partial charge in [0.2, 0.25) is 5.28 Å². The molecule has 0 spiro atoms. The summed E-state index contributed by atoms with van der Waals surface area (Å²) in [6.45, 7) is 2.05. The molecule has 84 valence electrons. The fourth-order valence-corrected chi connectivity index (χ4v) is 2.34. The van der Waals surface area contributed by atoms with E-state index in [1.807, 2.05) is 11.6 Å². The number of nitrogens with zero attached hydrogens (tertiary/aromatic N) is 4. The Morgan fingerprint density at radius 1 is 1.31 bits per heavy atom. The van der Waals surface area contributed by atoms with E-state index in [1.54, 1.807) is 0 Å². The number of halogens is 2. The number of aryl methyl sites for hydroxylation is 1. The van der Waals surface area contributed by atoms with Crippen molar-refractivity contribution in [3.8, 4) is 0 Å². The van der Waals surface area contributed by atoms with Gasteiger partial charge in [-0.05, 0) is 30.9 Å². The normalized spacial score (nSPS) is 15.9. The fourth-order valence-electron chi connectivity index (χ4n) is 1.86. The minimum Gasteiger partial charge on any atom is -0.244 e. The van der Waals surface area contributed by atoms with Crippen molar-refractivity contribution in [1.82, 2.24) is 19.7 Å². The molecule has 16 heavy (non-hydrogen) atoms.